The Morgan fingerprint density at radius 2 is 2.00 bits per heavy atom. The Kier molecular flexibility index (Phi) is 7.65. The lowest BCUT2D eigenvalue weighted by atomic mass is 10.4. The van der Waals surface area contributed by atoms with E-state index in [0.29, 0.717) is 5.75 Å². The van der Waals surface area contributed by atoms with Gasteiger partial charge in [-0.1, -0.05) is 24.0 Å². The van der Waals surface area contributed by atoms with E-state index in [2.05, 4.69) is 0 Å². The molecule has 0 aliphatic rings. The third-order valence-electron chi connectivity index (χ3n) is 1.63. The van der Waals surface area contributed by atoms with Crippen molar-refractivity contribution in [2.24, 2.45) is 0 Å². The summed E-state index contributed by atoms with van der Waals surface area (Å²) in [6.45, 7) is 5.65. The van der Waals surface area contributed by atoms with Crippen LogP contribution in [0.2, 0.25) is 0 Å². The molecule has 0 aromatic heterocycles. The monoisotopic (exact) mass is 223 g/mol. The quantitative estimate of drug-likeness (QED) is 0.672. The number of rotatable bonds is 5. The average molecular weight is 223 g/mol. The zero-order valence-electron chi connectivity index (χ0n) is 8.06. The van der Waals surface area contributed by atoms with E-state index in [4.69, 9.17) is 22.4 Å². The maximum Gasteiger partial charge on any atom is 0.136 e. The van der Waals surface area contributed by atoms with Crippen LogP contribution < -0.4 is 0 Å². The van der Waals surface area contributed by atoms with Crippen LogP contribution in [-0.4, -0.2) is 51.0 Å². The second-order valence-corrected chi connectivity index (χ2v) is 4.24. The summed E-state index contributed by atoms with van der Waals surface area (Å²) < 4.78 is 0.789. The summed E-state index contributed by atoms with van der Waals surface area (Å²) in [5.74, 6) is 0.464. The number of nitrogens with zero attached hydrogens (tertiary/aromatic N) is 1. The molecule has 78 valence electrons. The fourth-order valence-electron chi connectivity index (χ4n) is 0.793. The van der Waals surface area contributed by atoms with Crippen molar-refractivity contribution in [2.45, 2.75) is 20.0 Å². The molecule has 0 aliphatic carbocycles. The van der Waals surface area contributed by atoms with E-state index >= 15 is 0 Å². The minimum absolute atomic E-state index is 0.201. The van der Waals surface area contributed by atoms with Crippen molar-refractivity contribution in [3.63, 3.8) is 0 Å². The molecule has 0 heterocycles. The highest BCUT2D eigenvalue weighted by atomic mass is 32.2. The minimum atomic E-state index is -0.668. The molecule has 0 amide bonds. The van der Waals surface area contributed by atoms with Gasteiger partial charge in [-0.15, -0.1) is 0 Å². The molecule has 0 saturated carbocycles. The Morgan fingerprint density at radius 3 is 2.38 bits per heavy atom. The lowest BCUT2D eigenvalue weighted by molar-refractivity contribution is 0.114. The van der Waals surface area contributed by atoms with Gasteiger partial charge in [-0.05, 0) is 13.8 Å². The molecular weight excluding hydrogens is 206 g/mol. The predicted octanol–water partition coefficient (Wildman–Crippen LogP) is 0.700. The third-order valence-corrected chi connectivity index (χ3v) is 3.30. The van der Waals surface area contributed by atoms with Crippen LogP contribution in [0, 0.1) is 0 Å². The Balaban J connectivity index is 3.72. The van der Waals surface area contributed by atoms with Crippen LogP contribution in [0.1, 0.15) is 13.8 Å². The Labute approximate surface area is 89.1 Å². The van der Waals surface area contributed by atoms with Crippen LogP contribution in [0.4, 0.5) is 0 Å². The first-order valence-corrected chi connectivity index (χ1v) is 5.75. The van der Waals surface area contributed by atoms with Gasteiger partial charge in [0.25, 0.3) is 0 Å². The summed E-state index contributed by atoms with van der Waals surface area (Å²) in [5.41, 5.74) is 0. The van der Waals surface area contributed by atoms with Gasteiger partial charge in [-0.2, -0.15) is 0 Å². The zero-order valence-corrected chi connectivity index (χ0v) is 9.70. The molecule has 0 aliphatic heterocycles. The number of hydrogen-bond donors (Lipinski definition) is 2. The van der Waals surface area contributed by atoms with Crippen molar-refractivity contribution in [1.29, 1.82) is 0 Å². The van der Waals surface area contributed by atoms with Crippen LogP contribution in [0.15, 0.2) is 0 Å². The largest absolute Gasteiger partial charge is 0.394 e. The molecule has 0 aromatic rings. The third kappa shape index (κ3) is 5.46. The van der Waals surface area contributed by atoms with Gasteiger partial charge in [0.15, 0.2) is 0 Å². The molecule has 5 heteroatoms. The van der Waals surface area contributed by atoms with Gasteiger partial charge in [-0.25, -0.2) is 0 Å². The summed E-state index contributed by atoms with van der Waals surface area (Å²) in [5, 5.41) is 17.7. The number of thiocarbonyl (C=S) groups is 1. The predicted molar refractivity (Wildman–Crippen MR) is 61.1 cm³/mol. The van der Waals surface area contributed by atoms with E-state index in [9.17, 15) is 0 Å². The molecule has 0 unspecified atom stereocenters. The summed E-state index contributed by atoms with van der Waals surface area (Å²) in [6.07, 6.45) is -0.668. The number of aliphatic hydroxyl groups excluding tert-OH is 2. The first-order valence-electron chi connectivity index (χ1n) is 4.36. The molecule has 0 saturated heterocycles. The molecule has 13 heavy (non-hydrogen) atoms. The van der Waals surface area contributed by atoms with E-state index in [1.54, 1.807) is 0 Å². The van der Waals surface area contributed by atoms with Crippen LogP contribution in [0.25, 0.3) is 0 Å². The second-order valence-electron chi connectivity index (χ2n) is 2.59. The normalized spacial score (nSPS) is 12.6. The Morgan fingerprint density at radius 1 is 1.46 bits per heavy atom. The van der Waals surface area contributed by atoms with Crippen LogP contribution in [-0.2, 0) is 0 Å². The molecular formula is C8H17NO2S2. The molecule has 1 atom stereocenters. The van der Waals surface area contributed by atoms with Crippen molar-refractivity contribution in [2.75, 3.05) is 25.4 Å². The van der Waals surface area contributed by atoms with Gasteiger partial charge in [0.05, 0.1) is 12.7 Å². The highest BCUT2D eigenvalue weighted by molar-refractivity contribution is 8.22. The highest BCUT2D eigenvalue weighted by Crippen LogP contribution is 2.10. The SMILES string of the molecule is CCN(CC)C(=S)SC[C@@H](O)CO. The molecule has 0 rings (SSSR count). The fourth-order valence-corrected chi connectivity index (χ4v) is 2.14. The van der Waals surface area contributed by atoms with Crippen molar-refractivity contribution in [1.82, 2.24) is 4.90 Å². The maximum atomic E-state index is 9.09. The van der Waals surface area contributed by atoms with E-state index in [0.717, 1.165) is 17.4 Å². The topological polar surface area (TPSA) is 43.7 Å². The lowest BCUT2D eigenvalue weighted by Crippen LogP contribution is -2.28. The first-order chi connectivity index (χ1) is 6.15. The van der Waals surface area contributed by atoms with Gasteiger partial charge in [-0.3, -0.25) is 0 Å². The molecule has 2 N–H and O–H groups in total. The lowest BCUT2D eigenvalue weighted by Gasteiger charge is -2.21. The van der Waals surface area contributed by atoms with Crippen molar-refractivity contribution < 1.29 is 10.2 Å². The number of aliphatic hydroxyl groups is 2. The Hall–Kier alpha value is 0.160. The first kappa shape index (κ1) is 13.2. The minimum Gasteiger partial charge on any atom is -0.394 e. The molecule has 0 fully saturated rings. The molecule has 0 radical (unpaired) electrons. The van der Waals surface area contributed by atoms with E-state index in [1.165, 1.54) is 11.8 Å². The number of hydrogen-bond acceptors (Lipinski definition) is 4. The summed E-state index contributed by atoms with van der Waals surface area (Å²) in [4.78, 5) is 2.05. The highest BCUT2D eigenvalue weighted by Gasteiger charge is 2.08. The maximum absolute atomic E-state index is 9.09. The van der Waals surface area contributed by atoms with Crippen LogP contribution >= 0.6 is 24.0 Å². The van der Waals surface area contributed by atoms with Gasteiger partial charge >= 0.3 is 0 Å². The molecule has 3 nitrogen and oxygen atoms in total. The van der Waals surface area contributed by atoms with E-state index in [-0.39, 0.29) is 6.61 Å². The van der Waals surface area contributed by atoms with Crippen LogP contribution in [0.3, 0.4) is 0 Å². The van der Waals surface area contributed by atoms with Crippen molar-refractivity contribution >= 4 is 28.3 Å². The van der Waals surface area contributed by atoms with E-state index < -0.39 is 6.10 Å². The smallest absolute Gasteiger partial charge is 0.136 e. The standard InChI is InChI=1S/C8H17NO2S2/c1-3-9(4-2)8(12)13-6-7(11)5-10/h7,10-11H,3-6H2,1-2H3/t7-/m0/s1. The Bertz CT molecular complexity index is 151. The van der Waals surface area contributed by atoms with E-state index in [1.807, 2.05) is 18.7 Å². The van der Waals surface area contributed by atoms with Crippen molar-refractivity contribution in [3.05, 3.63) is 0 Å². The molecule has 0 aromatic carbocycles. The van der Waals surface area contributed by atoms with Gasteiger partial charge in [0.2, 0.25) is 0 Å². The second kappa shape index (κ2) is 7.55. The zero-order chi connectivity index (χ0) is 10.3. The summed E-state index contributed by atoms with van der Waals surface area (Å²) in [6, 6.07) is 0. The average Bonchev–Trinajstić information content (AvgIpc) is 2.16. The summed E-state index contributed by atoms with van der Waals surface area (Å²) in [7, 11) is 0. The van der Waals surface area contributed by atoms with Crippen molar-refractivity contribution in [3.8, 4) is 0 Å². The molecule has 0 bridgehead atoms. The number of thioether (sulfide) groups is 1. The molecule has 0 spiro atoms. The van der Waals surface area contributed by atoms with Crippen LogP contribution in [0.5, 0.6) is 0 Å². The van der Waals surface area contributed by atoms with Gasteiger partial charge in [0.1, 0.15) is 4.32 Å². The van der Waals surface area contributed by atoms with Gasteiger partial charge in [0, 0.05) is 18.8 Å². The van der Waals surface area contributed by atoms with Gasteiger partial charge < -0.3 is 15.1 Å². The summed E-state index contributed by atoms with van der Waals surface area (Å²) >= 11 is 6.55. The fraction of sp³-hybridized carbons (Fsp3) is 0.875.